The number of hydrogen-bond donors (Lipinski definition) is 0. The van der Waals surface area contributed by atoms with Crippen LogP contribution in [0.2, 0.25) is 0 Å². The van der Waals surface area contributed by atoms with E-state index in [0.29, 0.717) is 5.16 Å². The van der Waals surface area contributed by atoms with E-state index in [4.69, 9.17) is 0 Å². The molecule has 0 unspecified atom stereocenters. The molecule has 0 aliphatic rings. The predicted molar refractivity (Wildman–Crippen MR) is 72.1 cm³/mol. The lowest BCUT2D eigenvalue weighted by atomic mass is 10.3. The summed E-state index contributed by atoms with van der Waals surface area (Å²) in [7, 11) is -0.686. The molecule has 0 bridgehead atoms. The first-order chi connectivity index (χ1) is 6.37. The summed E-state index contributed by atoms with van der Waals surface area (Å²) in [6, 6.07) is 0. The SMILES string of the molecule is CCCC[P+](C)(CCCC)C(C)(C)C. The molecule has 0 radical (unpaired) electrons. The molecule has 0 spiro atoms. The van der Waals surface area contributed by atoms with Crippen LogP contribution in [0.1, 0.15) is 60.3 Å². The Morgan fingerprint density at radius 2 is 1.21 bits per heavy atom. The zero-order chi connectivity index (χ0) is 11.2. The summed E-state index contributed by atoms with van der Waals surface area (Å²) < 4.78 is 0. The summed E-state index contributed by atoms with van der Waals surface area (Å²) in [5, 5.41) is 0.567. The normalized spacial score (nSPS) is 13.3. The minimum atomic E-state index is -0.686. The highest BCUT2D eigenvalue weighted by molar-refractivity contribution is 7.76. The van der Waals surface area contributed by atoms with Gasteiger partial charge in [0.15, 0.2) is 0 Å². The van der Waals surface area contributed by atoms with Crippen LogP contribution in [-0.4, -0.2) is 24.1 Å². The Balaban J connectivity index is 4.33. The van der Waals surface area contributed by atoms with Crippen molar-refractivity contribution in [1.29, 1.82) is 0 Å². The second-order valence-electron chi connectivity index (χ2n) is 5.72. The molecule has 0 rings (SSSR count). The van der Waals surface area contributed by atoms with Gasteiger partial charge in [-0.25, -0.2) is 0 Å². The van der Waals surface area contributed by atoms with Crippen LogP contribution in [0, 0.1) is 0 Å². The molecule has 0 heterocycles. The van der Waals surface area contributed by atoms with Crippen molar-refractivity contribution < 1.29 is 0 Å². The topological polar surface area (TPSA) is 0 Å². The zero-order valence-corrected chi connectivity index (χ0v) is 12.1. The van der Waals surface area contributed by atoms with Gasteiger partial charge < -0.3 is 0 Å². The molecule has 0 aromatic heterocycles. The lowest BCUT2D eigenvalue weighted by molar-refractivity contribution is 0.744. The van der Waals surface area contributed by atoms with Crippen LogP contribution < -0.4 is 0 Å². The Morgan fingerprint density at radius 1 is 0.857 bits per heavy atom. The third-order valence-corrected chi connectivity index (χ3v) is 9.48. The van der Waals surface area contributed by atoms with E-state index in [1.165, 1.54) is 38.0 Å². The molecule has 86 valence electrons. The van der Waals surface area contributed by atoms with Crippen LogP contribution >= 0.6 is 7.26 Å². The first-order valence-electron chi connectivity index (χ1n) is 6.22. The average molecular weight is 217 g/mol. The van der Waals surface area contributed by atoms with Gasteiger partial charge in [-0.2, -0.15) is 0 Å². The van der Waals surface area contributed by atoms with Crippen molar-refractivity contribution in [2.24, 2.45) is 0 Å². The van der Waals surface area contributed by atoms with Gasteiger partial charge >= 0.3 is 0 Å². The monoisotopic (exact) mass is 217 g/mol. The molecular formula is C13H30P+. The van der Waals surface area contributed by atoms with Crippen molar-refractivity contribution in [3.8, 4) is 0 Å². The highest BCUT2D eigenvalue weighted by atomic mass is 31.2. The Labute approximate surface area is 92.2 Å². The lowest BCUT2D eigenvalue weighted by Gasteiger charge is -2.35. The van der Waals surface area contributed by atoms with Crippen LogP contribution in [0.3, 0.4) is 0 Å². The quantitative estimate of drug-likeness (QED) is 0.547. The van der Waals surface area contributed by atoms with Crippen molar-refractivity contribution in [2.75, 3.05) is 19.0 Å². The summed E-state index contributed by atoms with van der Waals surface area (Å²) >= 11 is 0. The Bertz CT molecular complexity index is 136. The largest absolute Gasteiger partial charge is 0.0713 e. The molecule has 14 heavy (non-hydrogen) atoms. The van der Waals surface area contributed by atoms with Crippen LogP contribution in [0.4, 0.5) is 0 Å². The van der Waals surface area contributed by atoms with E-state index in [0.717, 1.165) is 0 Å². The van der Waals surface area contributed by atoms with Gasteiger partial charge in [0.05, 0.1) is 17.5 Å². The van der Waals surface area contributed by atoms with Crippen LogP contribution in [0.5, 0.6) is 0 Å². The maximum absolute atomic E-state index is 2.60. The Morgan fingerprint density at radius 3 is 1.43 bits per heavy atom. The van der Waals surface area contributed by atoms with E-state index in [9.17, 15) is 0 Å². The molecule has 0 N–H and O–H groups in total. The van der Waals surface area contributed by atoms with Crippen LogP contribution in [-0.2, 0) is 0 Å². The fraction of sp³-hybridized carbons (Fsp3) is 1.00. The third-order valence-electron chi connectivity index (χ3n) is 3.63. The van der Waals surface area contributed by atoms with Gasteiger partial charge in [0.2, 0.25) is 0 Å². The van der Waals surface area contributed by atoms with Crippen molar-refractivity contribution >= 4 is 7.26 Å². The van der Waals surface area contributed by atoms with Crippen molar-refractivity contribution in [2.45, 2.75) is 65.5 Å². The molecule has 0 aliphatic carbocycles. The minimum absolute atomic E-state index is 0.567. The standard InChI is InChI=1S/C13H30P/c1-7-9-11-14(6,12-10-8-2)13(3,4)5/h7-12H2,1-6H3/q+1. The van der Waals surface area contributed by atoms with Crippen LogP contribution in [0.25, 0.3) is 0 Å². The van der Waals surface area contributed by atoms with E-state index < -0.39 is 7.26 Å². The van der Waals surface area contributed by atoms with Gasteiger partial charge in [-0.1, -0.05) is 26.7 Å². The molecule has 0 nitrogen and oxygen atoms in total. The predicted octanol–water partition coefficient (Wildman–Crippen LogP) is 5.03. The summed E-state index contributed by atoms with van der Waals surface area (Å²) in [5.41, 5.74) is 0. The van der Waals surface area contributed by atoms with E-state index in [2.05, 4.69) is 41.3 Å². The second-order valence-corrected chi connectivity index (χ2v) is 10.7. The highest BCUT2D eigenvalue weighted by Gasteiger charge is 2.42. The Hall–Kier alpha value is 0.430. The summed E-state index contributed by atoms with van der Waals surface area (Å²) in [6.07, 6.45) is 8.60. The summed E-state index contributed by atoms with van der Waals surface area (Å²) in [5.74, 6) is 0. The minimum Gasteiger partial charge on any atom is -0.0652 e. The summed E-state index contributed by atoms with van der Waals surface area (Å²) in [4.78, 5) is 0. The first kappa shape index (κ1) is 14.4. The van der Waals surface area contributed by atoms with Gasteiger partial charge in [-0.15, -0.1) is 0 Å². The van der Waals surface area contributed by atoms with Crippen LogP contribution in [0.15, 0.2) is 0 Å². The van der Waals surface area contributed by atoms with E-state index in [1.54, 1.807) is 0 Å². The average Bonchev–Trinajstić information content (AvgIpc) is 2.09. The number of rotatable bonds is 6. The lowest BCUT2D eigenvalue weighted by Crippen LogP contribution is -2.24. The van der Waals surface area contributed by atoms with Gasteiger partial charge in [0, 0.05) is 13.9 Å². The first-order valence-corrected chi connectivity index (χ1v) is 8.82. The van der Waals surface area contributed by atoms with Gasteiger partial charge in [-0.05, 0) is 33.6 Å². The number of hydrogen-bond acceptors (Lipinski definition) is 0. The number of unbranched alkanes of at least 4 members (excludes halogenated alkanes) is 2. The van der Waals surface area contributed by atoms with E-state index >= 15 is 0 Å². The van der Waals surface area contributed by atoms with Gasteiger partial charge in [-0.3, -0.25) is 0 Å². The van der Waals surface area contributed by atoms with Crippen molar-refractivity contribution in [1.82, 2.24) is 0 Å². The van der Waals surface area contributed by atoms with Gasteiger partial charge in [0.25, 0.3) is 0 Å². The van der Waals surface area contributed by atoms with Crippen molar-refractivity contribution in [3.63, 3.8) is 0 Å². The van der Waals surface area contributed by atoms with E-state index in [-0.39, 0.29) is 0 Å². The zero-order valence-electron chi connectivity index (χ0n) is 11.2. The van der Waals surface area contributed by atoms with Gasteiger partial charge in [0.1, 0.15) is 0 Å². The molecule has 0 amide bonds. The Kier molecular flexibility index (Phi) is 6.30. The molecule has 0 atom stereocenters. The molecule has 1 heteroatoms. The molecular weight excluding hydrogens is 187 g/mol. The smallest absolute Gasteiger partial charge is 0.0652 e. The third kappa shape index (κ3) is 4.30. The summed E-state index contributed by atoms with van der Waals surface area (Å²) in [6.45, 7) is 14.6. The molecule has 0 saturated carbocycles. The fourth-order valence-corrected chi connectivity index (χ4v) is 5.39. The molecule has 0 aromatic carbocycles. The maximum Gasteiger partial charge on any atom is 0.0713 e. The van der Waals surface area contributed by atoms with E-state index in [1.807, 2.05) is 0 Å². The molecule has 0 aromatic rings. The maximum atomic E-state index is 2.60. The molecule has 0 fully saturated rings. The molecule has 0 aliphatic heterocycles. The molecule has 0 saturated heterocycles. The highest BCUT2D eigenvalue weighted by Crippen LogP contribution is 2.66. The fourth-order valence-electron chi connectivity index (χ4n) is 1.80. The second kappa shape index (κ2) is 6.11. The van der Waals surface area contributed by atoms with Crippen molar-refractivity contribution in [3.05, 3.63) is 0 Å².